The second kappa shape index (κ2) is 3.67. The van der Waals surface area contributed by atoms with E-state index in [1.54, 1.807) is 0 Å². The van der Waals surface area contributed by atoms with Crippen LogP contribution in [0, 0.1) is 5.92 Å². The van der Waals surface area contributed by atoms with E-state index in [1.807, 2.05) is 10.9 Å². The van der Waals surface area contributed by atoms with Crippen molar-refractivity contribution in [1.29, 1.82) is 0 Å². The molecule has 1 heterocycles. The van der Waals surface area contributed by atoms with E-state index in [4.69, 9.17) is 5.73 Å². The molecular formula is C8H14N4S. The Morgan fingerprint density at radius 1 is 1.62 bits per heavy atom. The van der Waals surface area contributed by atoms with Gasteiger partial charge in [-0.05, 0) is 25.3 Å². The maximum absolute atomic E-state index is 5.55. The third-order valence-corrected chi connectivity index (χ3v) is 2.96. The van der Waals surface area contributed by atoms with E-state index in [9.17, 15) is 0 Å². The zero-order valence-electron chi connectivity index (χ0n) is 7.43. The predicted octanol–water partition coefficient (Wildman–Crippen LogP) is 0.618. The number of thiol groups is 1. The van der Waals surface area contributed by atoms with Crippen molar-refractivity contribution in [3.63, 3.8) is 0 Å². The van der Waals surface area contributed by atoms with E-state index in [1.165, 1.54) is 0 Å². The van der Waals surface area contributed by atoms with Crippen molar-refractivity contribution in [2.75, 3.05) is 6.54 Å². The highest BCUT2D eigenvalue weighted by molar-refractivity contribution is 7.79. The van der Waals surface area contributed by atoms with E-state index in [-0.39, 0.29) is 0 Å². The van der Waals surface area contributed by atoms with Gasteiger partial charge >= 0.3 is 0 Å². The fourth-order valence-electron chi connectivity index (χ4n) is 1.67. The fourth-order valence-corrected chi connectivity index (χ4v) is 1.82. The highest BCUT2D eigenvalue weighted by Gasteiger charge is 2.29. The average Bonchev–Trinajstić information content (AvgIpc) is 2.51. The molecule has 0 unspecified atom stereocenters. The summed E-state index contributed by atoms with van der Waals surface area (Å²) in [6.07, 6.45) is 4.27. The van der Waals surface area contributed by atoms with Crippen LogP contribution in [0.4, 0.5) is 0 Å². The molecule has 1 aliphatic rings. The van der Waals surface area contributed by atoms with Crippen LogP contribution in [0.2, 0.25) is 0 Å². The number of hydrogen-bond donors (Lipinski definition) is 2. The summed E-state index contributed by atoms with van der Waals surface area (Å²) in [5.41, 5.74) is 6.49. The highest BCUT2D eigenvalue weighted by Crippen LogP contribution is 2.36. The third kappa shape index (κ3) is 1.71. The summed E-state index contributed by atoms with van der Waals surface area (Å²) < 4.78 is 1.94. The van der Waals surface area contributed by atoms with E-state index < -0.39 is 0 Å². The normalized spacial score (nSPS) is 27.2. The lowest BCUT2D eigenvalue weighted by molar-refractivity contribution is 0.187. The van der Waals surface area contributed by atoms with Gasteiger partial charge in [-0.2, -0.15) is 12.6 Å². The van der Waals surface area contributed by atoms with Crippen LogP contribution >= 0.6 is 12.6 Å². The lowest BCUT2D eigenvalue weighted by Gasteiger charge is -2.33. The Bertz CT molecular complexity index is 279. The molecule has 13 heavy (non-hydrogen) atoms. The van der Waals surface area contributed by atoms with E-state index in [0.717, 1.165) is 25.1 Å². The van der Waals surface area contributed by atoms with Crippen molar-refractivity contribution in [3.8, 4) is 0 Å². The van der Waals surface area contributed by atoms with Crippen LogP contribution in [0.3, 0.4) is 0 Å². The van der Waals surface area contributed by atoms with Gasteiger partial charge in [0, 0.05) is 11.9 Å². The van der Waals surface area contributed by atoms with Crippen molar-refractivity contribution in [1.82, 2.24) is 15.0 Å². The van der Waals surface area contributed by atoms with Crippen molar-refractivity contribution in [2.45, 2.75) is 24.6 Å². The SMILES string of the molecule is NCC1CC(n2cc(CS)nn2)C1. The first kappa shape index (κ1) is 9.02. The maximum atomic E-state index is 5.55. The minimum atomic E-state index is 0.523. The molecule has 1 aromatic rings. The predicted molar refractivity (Wildman–Crippen MR) is 53.5 cm³/mol. The van der Waals surface area contributed by atoms with E-state index in [2.05, 4.69) is 22.9 Å². The number of rotatable bonds is 3. The highest BCUT2D eigenvalue weighted by atomic mass is 32.1. The molecule has 0 spiro atoms. The van der Waals surface area contributed by atoms with Crippen LogP contribution in [-0.2, 0) is 5.75 Å². The Morgan fingerprint density at radius 2 is 2.38 bits per heavy atom. The first-order chi connectivity index (χ1) is 6.33. The monoisotopic (exact) mass is 198 g/mol. The first-order valence-electron chi connectivity index (χ1n) is 4.55. The van der Waals surface area contributed by atoms with Crippen LogP contribution in [0.25, 0.3) is 0 Å². The molecule has 2 N–H and O–H groups in total. The molecule has 5 heteroatoms. The van der Waals surface area contributed by atoms with Crippen molar-refractivity contribution in [2.24, 2.45) is 11.7 Å². The van der Waals surface area contributed by atoms with Crippen LogP contribution in [0.1, 0.15) is 24.6 Å². The van der Waals surface area contributed by atoms with Crippen molar-refractivity contribution in [3.05, 3.63) is 11.9 Å². The summed E-state index contributed by atoms with van der Waals surface area (Å²) in [7, 11) is 0. The minimum Gasteiger partial charge on any atom is -0.330 e. The van der Waals surface area contributed by atoms with Gasteiger partial charge in [-0.3, -0.25) is 0 Å². The second-order valence-corrected chi connectivity index (χ2v) is 3.89. The van der Waals surface area contributed by atoms with Gasteiger partial charge < -0.3 is 5.73 Å². The van der Waals surface area contributed by atoms with Gasteiger partial charge in [-0.1, -0.05) is 5.21 Å². The van der Waals surface area contributed by atoms with Gasteiger partial charge in [0.1, 0.15) is 0 Å². The Morgan fingerprint density at radius 3 is 2.92 bits per heavy atom. The summed E-state index contributed by atoms with van der Waals surface area (Å²) in [6.45, 7) is 0.796. The summed E-state index contributed by atoms with van der Waals surface area (Å²) in [5.74, 6) is 1.35. The summed E-state index contributed by atoms with van der Waals surface area (Å²) >= 11 is 4.14. The Balaban J connectivity index is 1.95. The smallest absolute Gasteiger partial charge is 0.0923 e. The molecule has 0 aliphatic heterocycles. The molecule has 1 fully saturated rings. The van der Waals surface area contributed by atoms with Crippen LogP contribution in [-0.4, -0.2) is 21.5 Å². The van der Waals surface area contributed by atoms with Gasteiger partial charge in [0.05, 0.1) is 11.7 Å². The third-order valence-electron chi connectivity index (χ3n) is 2.64. The van der Waals surface area contributed by atoms with Gasteiger partial charge in [-0.15, -0.1) is 5.10 Å². The average molecular weight is 198 g/mol. The lowest BCUT2D eigenvalue weighted by Crippen LogP contribution is -2.32. The van der Waals surface area contributed by atoms with E-state index in [0.29, 0.717) is 17.7 Å². The van der Waals surface area contributed by atoms with E-state index >= 15 is 0 Å². The largest absolute Gasteiger partial charge is 0.330 e. The van der Waals surface area contributed by atoms with Crippen LogP contribution < -0.4 is 5.73 Å². The number of nitrogens with two attached hydrogens (primary N) is 1. The van der Waals surface area contributed by atoms with Gasteiger partial charge in [-0.25, -0.2) is 4.68 Å². The van der Waals surface area contributed by atoms with Crippen molar-refractivity contribution < 1.29 is 0 Å². The summed E-state index contributed by atoms with van der Waals surface area (Å²) in [5, 5.41) is 8.05. The zero-order valence-corrected chi connectivity index (χ0v) is 8.32. The quantitative estimate of drug-likeness (QED) is 0.700. The Labute approximate surface area is 82.9 Å². The van der Waals surface area contributed by atoms with Crippen LogP contribution in [0.15, 0.2) is 6.20 Å². The molecule has 1 saturated carbocycles. The number of hydrogen-bond acceptors (Lipinski definition) is 4. The Kier molecular flexibility index (Phi) is 2.55. The molecule has 0 amide bonds. The topological polar surface area (TPSA) is 56.7 Å². The van der Waals surface area contributed by atoms with Crippen LogP contribution in [0.5, 0.6) is 0 Å². The van der Waals surface area contributed by atoms with Gasteiger partial charge in [0.15, 0.2) is 0 Å². The molecule has 0 atom stereocenters. The van der Waals surface area contributed by atoms with Crippen molar-refractivity contribution >= 4 is 12.6 Å². The molecule has 0 saturated heterocycles. The molecule has 1 aromatic heterocycles. The molecule has 1 aliphatic carbocycles. The summed E-state index contributed by atoms with van der Waals surface area (Å²) in [6, 6.07) is 0.523. The molecule has 2 rings (SSSR count). The lowest BCUT2D eigenvalue weighted by atomic mass is 9.80. The molecule has 0 radical (unpaired) electrons. The maximum Gasteiger partial charge on any atom is 0.0923 e. The standard InChI is InChI=1S/C8H14N4S/c9-3-6-1-8(2-6)12-4-7(5-13)10-11-12/h4,6,8,13H,1-3,5,9H2. The molecule has 0 bridgehead atoms. The number of aromatic nitrogens is 3. The molecule has 72 valence electrons. The minimum absolute atomic E-state index is 0.523. The van der Waals surface area contributed by atoms with Gasteiger partial charge in [0.2, 0.25) is 0 Å². The fraction of sp³-hybridized carbons (Fsp3) is 0.750. The zero-order chi connectivity index (χ0) is 9.26. The molecule has 0 aromatic carbocycles. The Hall–Kier alpha value is -0.550. The first-order valence-corrected chi connectivity index (χ1v) is 5.18. The van der Waals surface area contributed by atoms with Gasteiger partial charge in [0.25, 0.3) is 0 Å². The molecule has 4 nitrogen and oxygen atoms in total. The second-order valence-electron chi connectivity index (χ2n) is 3.57. The molecular weight excluding hydrogens is 184 g/mol. The number of nitrogens with zero attached hydrogens (tertiary/aromatic N) is 3. The summed E-state index contributed by atoms with van der Waals surface area (Å²) in [4.78, 5) is 0.